The number of fused-ring (bicyclic) bond motifs is 1. The highest BCUT2D eigenvalue weighted by molar-refractivity contribution is 6.48. The van der Waals surface area contributed by atoms with Gasteiger partial charge in [0.15, 0.2) is 0 Å². The molecule has 1 aromatic carbocycles. The molecule has 22 heavy (non-hydrogen) atoms. The lowest BCUT2D eigenvalue weighted by atomic mass is 9.87. The molecule has 2 aromatic rings. The van der Waals surface area contributed by atoms with Crippen LogP contribution < -0.4 is 5.32 Å². The monoisotopic (exact) mass is 354 g/mol. The van der Waals surface area contributed by atoms with Gasteiger partial charge in [0.05, 0.1) is 21.1 Å². The maximum absolute atomic E-state index is 12.4. The number of rotatable bonds is 2. The Bertz CT molecular complexity index is 733. The summed E-state index contributed by atoms with van der Waals surface area (Å²) in [5.74, 6) is -0.342. The molecule has 1 aromatic heterocycles. The van der Waals surface area contributed by atoms with Crippen LogP contribution in [0.25, 0.3) is 0 Å². The van der Waals surface area contributed by atoms with Crippen LogP contribution in [-0.2, 0) is 6.42 Å². The predicted octanol–water partition coefficient (Wildman–Crippen LogP) is 4.85. The number of pyridine rings is 1. The molecular formula is C16H13Cl3N2O. The molecular weight excluding hydrogens is 343 g/mol. The first-order valence-corrected chi connectivity index (χ1v) is 8.09. The maximum Gasteiger partial charge on any atom is 0.271 e. The summed E-state index contributed by atoms with van der Waals surface area (Å²) in [6.45, 7) is 0. The van der Waals surface area contributed by atoms with Crippen LogP contribution in [0.2, 0.25) is 15.1 Å². The largest absolute Gasteiger partial charge is 0.344 e. The number of amides is 1. The lowest BCUT2D eigenvalue weighted by molar-refractivity contribution is 0.0928. The van der Waals surface area contributed by atoms with E-state index in [1.165, 1.54) is 11.8 Å². The lowest BCUT2D eigenvalue weighted by Gasteiger charge is -2.26. The molecule has 1 amide bonds. The van der Waals surface area contributed by atoms with Crippen LogP contribution in [0.15, 0.2) is 30.5 Å². The van der Waals surface area contributed by atoms with Gasteiger partial charge in [0.25, 0.3) is 5.91 Å². The Labute approximate surface area is 143 Å². The summed E-state index contributed by atoms with van der Waals surface area (Å²) in [5, 5.41) is 3.44. The third-order valence-corrected chi connectivity index (χ3v) is 5.05. The number of benzene rings is 1. The van der Waals surface area contributed by atoms with Crippen molar-refractivity contribution in [2.24, 2.45) is 0 Å². The van der Waals surface area contributed by atoms with Crippen molar-refractivity contribution in [3.8, 4) is 0 Å². The van der Waals surface area contributed by atoms with Gasteiger partial charge in [0.2, 0.25) is 0 Å². The first kappa shape index (κ1) is 15.6. The van der Waals surface area contributed by atoms with Crippen LogP contribution in [0.4, 0.5) is 0 Å². The minimum atomic E-state index is -0.342. The SMILES string of the molecule is O=C(NC1CCCc2ccccc21)c1ncc(Cl)c(Cl)c1Cl. The van der Waals surface area contributed by atoms with Gasteiger partial charge in [0, 0.05) is 6.20 Å². The number of aryl methyl sites for hydroxylation is 1. The van der Waals surface area contributed by atoms with Gasteiger partial charge in [-0.05, 0) is 30.4 Å². The topological polar surface area (TPSA) is 42.0 Å². The van der Waals surface area contributed by atoms with Crippen LogP contribution in [0, 0.1) is 0 Å². The van der Waals surface area contributed by atoms with Crippen LogP contribution in [-0.4, -0.2) is 10.9 Å². The summed E-state index contributed by atoms with van der Waals surface area (Å²) in [7, 11) is 0. The Hall–Kier alpha value is -1.29. The van der Waals surface area contributed by atoms with Gasteiger partial charge in [-0.1, -0.05) is 59.1 Å². The molecule has 1 aliphatic carbocycles. The Balaban J connectivity index is 1.86. The molecule has 1 aliphatic rings. The molecule has 0 spiro atoms. The highest BCUT2D eigenvalue weighted by Crippen LogP contribution is 2.33. The van der Waals surface area contributed by atoms with Crippen LogP contribution >= 0.6 is 34.8 Å². The van der Waals surface area contributed by atoms with E-state index in [1.54, 1.807) is 0 Å². The Kier molecular flexibility index (Phi) is 4.57. The van der Waals surface area contributed by atoms with E-state index in [0.29, 0.717) is 0 Å². The van der Waals surface area contributed by atoms with E-state index in [1.807, 2.05) is 18.2 Å². The van der Waals surface area contributed by atoms with Crippen molar-refractivity contribution in [1.29, 1.82) is 0 Å². The normalized spacial score (nSPS) is 17.0. The number of halogens is 3. The van der Waals surface area contributed by atoms with Crippen molar-refractivity contribution in [2.75, 3.05) is 0 Å². The zero-order chi connectivity index (χ0) is 15.7. The third kappa shape index (κ3) is 2.94. The molecule has 3 rings (SSSR count). The van der Waals surface area contributed by atoms with E-state index in [2.05, 4.69) is 16.4 Å². The van der Waals surface area contributed by atoms with E-state index in [-0.39, 0.29) is 32.7 Å². The zero-order valence-corrected chi connectivity index (χ0v) is 13.8. The molecule has 0 fully saturated rings. The zero-order valence-electron chi connectivity index (χ0n) is 11.6. The summed E-state index contributed by atoms with van der Waals surface area (Å²) in [6, 6.07) is 8.10. The first-order chi connectivity index (χ1) is 10.6. The Morgan fingerprint density at radius 2 is 1.95 bits per heavy atom. The minimum Gasteiger partial charge on any atom is -0.344 e. The minimum absolute atomic E-state index is 0.0372. The van der Waals surface area contributed by atoms with E-state index in [0.717, 1.165) is 24.8 Å². The molecule has 0 bridgehead atoms. The fraction of sp³-hybridized carbons (Fsp3) is 0.250. The molecule has 1 atom stereocenters. The molecule has 3 nitrogen and oxygen atoms in total. The predicted molar refractivity (Wildman–Crippen MR) is 88.9 cm³/mol. The Morgan fingerprint density at radius 3 is 2.77 bits per heavy atom. The van der Waals surface area contributed by atoms with Crippen molar-refractivity contribution >= 4 is 40.7 Å². The van der Waals surface area contributed by atoms with Gasteiger partial charge >= 0.3 is 0 Å². The van der Waals surface area contributed by atoms with Crippen LogP contribution in [0.3, 0.4) is 0 Å². The molecule has 0 saturated heterocycles. The first-order valence-electron chi connectivity index (χ1n) is 6.96. The van der Waals surface area contributed by atoms with Crippen LogP contribution in [0.5, 0.6) is 0 Å². The summed E-state index contributed by atoms with van der Waals surface area (Å²) < 4.78 is 0. The second-order valence-electron chi connectivity index (χ2n) is 5.20. The van der Waals surface area contributed by atoms with E-state index in [4.69, 9.17) is 34.8 Å². The van der Waals surface area contributed by atoms with E-state index < -0.39 is 0 Å². The number of aromatic nitrogens is 1. The molecule has 1 unspecified atom stereocenters. The van der Waals surface area contributed by atoms with Crippen molar-refractivity contribution in [3.05, 3.63) is 62.4 Å². The standard InChI is InChI=1S/C16H13Cl3N2O/c17-11-8-20-15(14(19)13(11)18)16(22)21-12-7-3-5-9-4-1-2-6-10(9)12/h1-2,4,6,8,12H,3,5,7H2,(H,21,22). The highest BCUT2D eigenvalue weighted by atomic mass is 35.5. The van der Waals surface area contributed by atoms with Gasteiger partial charge in [-0.3, -0.25) is 4.79 Å². The average Bonchev–Trinajstić information content (AvgIpc) is 2.53. The fourth-order valence-corrected chi connectivity index (χ4v) is 3.30. The summed E-state index contributed by atoms with van der Waals surface area (Å²) >= 11 is 17.9. The number of nitrogens with one attached hydrogen (secondary N) is 1. The number of carbonyl (C=O) groups excluding carboxylic acids is 1. The quantitative estimate of drug-likeness (QED) is 0.836. The molecule has 0 aliphatic heterocycles. The summed E-state index contributed by atoms with van der Waals surface area (Å²) in [6.07, 6.45) is 4.29. The van der Waals surface area contributed by atoms with E-state index >= 15 is 0 Å². The van der Waals surface area contributed by atoms with Gasteiger partial charge < -0.3 is 5.32 Å². The number of hydrogen-bond donors (Lipinski definition) is 1. The molecule has 114 valence electrons. The molecule has 0 saturated carbocycles. The highest BCUT2D eigenvalue weighted by Gasteiger charge is 2.24. The van der Waals surface area contributed by atoms with Crippen molar-refractivity contribution in [3.63, 3.8) is 0 Å². The summed E-state index contributed by atoms with van der Waals surface area (Å²) in [4.78, 5) is 16.4. The maximum atomic E-state index is 12.4. The summed E-state index contributed by atoms with van der Waals surface area (Å²) in [5.41, 5.74) is 2.52. The number of carbonyl (C=O) groups is 1. The Morgan fingerprint density at radius 1 is 1.18 bits per heavy atom. The van der Waals surface area contributed by atoms with Gasteiger partial charge in [-0.2, -0.15) is 0 Å². The van der Waals surface area contributed by atoms with Crippen LogP contribution in [0.1, 0.15) is 40.5 Å². The van der Waals surface area contributed by atoms with Gasteiger partial charge in [-0.15, -0.1) is 0 Å². The van der Waals surface area contributed by atoms with E-state index in [9.17, 15) is 4.79 Å². The number of hydrogen-bond acceptors (Lipinski definition) is 2. The van der Waals surface area contributed by atoms with Crippen molar-refractivity contribution in [2.45, 2.75) is 25.3 Å². The molecule has 1 N–H and O–H groups in total. The molecule has 0 radical (unpaired) electrons. The van der Waals surface area contributed by atoms with Crippen molar-refractivity contribution in [1.82, 2.24) is 10.3 Å². The lowest BCUT2D eigenvalue weighted by Crippen LogP contribution is -2.31. The fourth-order valence-electron chi connectivity index (χ4n) is 2.73. The third-order valence-electron chi connectivity index (χ3n) is 3.81. The average molecular weight is 356 g/mol. The second kappa shape index (κ2) is 6.45. The van der Waals surface area contributed by atoms with Crippen molar-refractivity contribution < 1.29 is 4.79 Å². The molecule has 1 heterocycles. The number of nitrogens with zero attached hydrogens (tertiary/aromatic N) is 1. The second-order valence-corrected chi connectivity index (χ2v) is 6.36. The van der Waals surface area contributed by atoms with Gasteiger partial charge in [-0.25, -0.2) is 4.98 Å². The van der Waals surface area contributed by atoms with Gasteiger partial charge in [0.1, 0.15) is 5.69 Å². The molecule has 6 heteroatoms. The smallest absolute Gasteiger partial charge is 0.271 e.